The first-order valence-corrected chi connectivity index (χ1v) is 7.87. The zero-order valence-electron chi connectivity index (χ0n) is 13.7. The van der Waals surface area contributed by atoms with Gasteiger partial charge in [-0.1, -0.05) is 30.3 Å². The van der Waals surface area contributed by atoms with Gasteiger partial charge < -0.3 is 14.8 Å². The summed E-state index contributed by atoms with van der Waals surface area (Å²) in [6, 6.07) is 13.5. The smallest absolute Gasteiger partial charge is 0.146 e. The van der Waals surface area contributed by atoms with Gasteiger partial charge in [-0.15, -0.1) is 0 Å². The average Bonchev–Trinajstić information content (AvgIpc) is 2.93. The molecule has 0 aliphatic rings. The van der Waals surface area contributed by atoms with Gasteiger partial charge >= 0.3 is 0 Å². The molecular weight excluding hydrogens is 288 g/mol. The second-order valence-corrected chi connectivity index (χ2v) is 6.10. The Bertz CT molecular complexity index is 832. The molecule has 4 nitrogen and oxygen atoms in total. The molecule has 0 radical (unpaired) electrons. The molecule has 0 fully saturated rings. The lowest BCUT2D eigenvalue weighted by Crippen LogP contribution is -2.27. The third-order valence-corrected chi connectivity index (χ3v) is 4.35. The minimum absolute atomic E-state index is 0.00479. The number of hydrogen-bond donors (Lipinski definition) is 2. The van der Waals surface area contributed by atoms with E-state index in [0.717, 1.165) is 28.7 Å². The highest BCUT2D eigenvalue weighted by Gasteiger charge is 2.31. The van der Waals surface area contributed by atoms with Gasteiger partial charge in [0.2, 0.25) is 0 Å². The fourth-order valence-electron chi connectivity index (χ4n) is 2.99. The topological polar surface area (TPSA) is 58.3 Å². The predicted octanol–water partition coefficient (Wildman–Crippen LogP) is 3.11. The van der Waals surface area contributed by atoms with Crippen LogP contribution in [0.25, 0.3) is 11.0 Å². The van der Waals surface area contributed by atoms with Gasteiger partial charge in [-0.2, -0.15) is 0 Å². The van der Waals surface area contributed by atoms with E-state index in [1.54, 1.807) is 6.92 Å². The quantitative estimate of drug-likeness (QED) is 0.778. The van der Waals surface area contributed by atoms with E-state index in [0.29, 0.717) is 5.82 Å². The Hall–Kier alpha value is -2.17. The van der Waals surface area contributed by atoms with Crippen LogP contribution < -0.4 is 0 Å². The van der Waals surface area contributed by atoms with Crippen LogP contribution in [0.3, 0.4) is 0 Å². The van der Waals surface area contributed by atoms with Crippen molar-refractivity contribution in [2.75, 3.05) is 0 Å². The van der Waals surface area contributed by atoms with Crippen molar-refractivity contribution >= 4 is 11.0 Å². The second kappa shape index (κ2) is 5.80. The van der Waals surface area contributed by atoms with E-state index in [1.165, 1.54) is 5.56 Å². The molecule has 4 heteroatoms. The van der Waals surface area contributed by atoms with Crippen LogP contribution in [-0.4, -0.2) is 19.8 Å². The van der Waals surface area contributed by atoms with E-state index in [9.17, 15) is 10.2 Å². The minimum atomic E-state index is -1.20. The first kappa shape index (κ1) is 15.7. The van der Waals surface area contributed by atoms with Crippen LogP contribution in [0, 0.1) is 6.92 Å². The maximum Gasteiger partial charge on any atom is 0.146 e. The van der Waals surface area contributed by atoms with Crippen LogP contribution in [-0.2, 0) is 18.8 Å². The highest BCUT2D eigenvalue weighted by Crippen LogP contribution is 2.31. The molecule has 0 saturated carbocycles. The summed E-state index contributed by atoms with van der Waals surface area (Å²) in [5.41, 5.74) is 3.48. The number of imidazole rings is 1. The number of aliphatic hydroxyl groups is 2. The van der Waals surface area contributed by atoms with Crippen molar-refractivity contribution in [3.8, 4) is 0 Å². The number of aromatic nitrogens is 2. The van der Waals surface area contributed by atoms with E-state index in [4.69, 9.17) is 0 Å². The number of benzene rings is 2. The van der Waals surface area contributed by atoms with Crippen LogP contribution >= 0.6 is 0 Å². The summed E-state index contributed by atoms with van der Waals surface area (Å²) in [6.07, 6.45) is 0. The van der Waals surface area contributed by atoms with E-state index in [2.05, 4.69) is 29.5 Å². The van der Waals surface area contributed by atoms with Crippen LogP contribution in [0.15, 0.2) is 42.5 Å². The van der Waals surface area contributed by atoms with Crippen LogP contribution in [0.1, 0.15) is 36.4 Å². The third-order valence-electron chi connectivity index (χ3n) is 4.35. The van der Waals surface area contributed by atoms with E-state index < -0.39 is 5.60 Å². The Morgan fingerprint density at radius 2 is 1.83 bits per heavy atom. The van der Waals surface area contributed by atoms with Crippen molar-refractivity contribution in [3.63, 3.8) is 0 Å². The highest BCUT2D eigenvalue weighted by atomic mass is 16.3. The normalized spacial score (nSPS) is 14.1. The number of nitrogens with zero attached hydrogens (tertiary/aromatic N) is 2. The van der Waals surface area contributed by atoms with Crippen LogP contribution in [0.5, 0.6) is 0 Å². The Balaban J connectivity index is 2.16. The number of aliphatic hydroxyl groups excluding tert-OH is 1. The summed E-state index contributed by atoms with van der Waals surface area (Å²) < 4.78 is 2.06. The molecule has 0 saturated heterocycles. The van der Waals surface area contributed by atoms with Crippen molar-refractivity contribution in [1.29, 1.82) is 0 Å². The number of fused-ring (bicyclic) bond motifs is 1. The molecule has 1 aromatic heterocycles. The van der Waals surface area contributed by atoms with Crippen molar-refractivity contribution in [2.24, 2.45) is 0 Å². The zero-order valence-corrected chi connectivity index (χ0v) is 13.7. The van der Waals surface area contributed by atoms with Crippen molar-refractivity contribution in [1.82, 2.24) is 9.55 Å². The van der Waals surface area contributed by atoms with Crippen molar-refractivity contribution < 1.29 is 10.2 Å². The molecule has 2 aromatic carbocycles. The first-order valence-electron chi connectivity index (χ1n) is 7.87. The average molecular weight is 310 g/mol. The van der Waals surface area contributed by atoms with Crippen LogP contribution in [0.2, 0.25) is 0 Å². The minimum Gasteiger partial charge on any atom is -0.392 e. The van der Waals surface area contributed by atoms with E-state index >= 15 is 0 Å². The van der Waals surface area contributed by atoms with Crippen molar-refractivity contribution in [3.05, 3.63) is 65.0 Å². The lowest BCUT2D eigenvalue weighted by molar-refractivity contribution is 0.0887. The maximum atomic E-state index is 11.2. The maximum absolute atomic E-state index is 11.2. The molecule has 0 aliphatic heterocycles. The molecule has 1 unspecified atom stereocenters. The summed E-state index contributed by atoms with van der Waals surface area (Å²) in [5, 5.41) is 20.3. The van der Waals surface area contributed by atoms with Crippen molar-refractivity contribution in [2.45, 2.75) is 39.5 Å². The molecule has 1 heterocycles. The molecule has 2 N–H and O–H groups in total. The highest BCUT2D eigenvalue weighted by molar-refractivity contribution is 5.77. The van der Waals surface area contributed by atoms with E-state index in [-0.39, 0.29) is 6.61 Å². The summed E-state index contributed by atoms with van der Waals surface area (Å²) in [6.45, 7) is 6.60. The number of hydrogen-bond acceptors (Lipinski definition) is 3. The fraction of sp³-hybridized carbons (Fsp3) is 0.316. The largest absolute Gasteiger partial charge is 0.392 e. The SMILES string of the molecule is CCn1c(C(C)(O)c2ccc(CO)cc2)nc2ccc(C)cc21. The Morgan fingerprint density at radius 3 is 2.43 bits per heavy atom. The zero-order chi connectivity index (χ0) is 16.6. The predicted molar refractivity (Wildman–Crippen MR) is 91.2 cm³/mol. The second-order valence-electron chi connectivity index (χ2n) is 6.10. The Kier molecular flexibility index (Phi) is 3.96. The van der Waals surface area contributed by atoms with E-state index in [1.807, 2.05) is 36.4 Å². The fourth-order valence-corrected chi connectivity index (χ4v) is 2.99. The summed E-state index contributed by atoms with van der Waals surface area (Å²) >= 11 is 0. The van der Waals surface area contributed by atoms with Gasteiger partial charge in [-0.05, 0) is 49.6 Å². The molecule has 3 rings (SSSR count). The van der Waals surface area contributed by atoms with Gasteiger partial charge in [0, 0.05) is 6.54 Å². The van der Waals surface area contributed by atoms with Gasteiger partial charge in [-0.25, -0.2) is 4.98 Å². The van der Waals surface area contributed by atoms with Gasteiger partial charge in [-0.3, -0.25) is 0 Å². The molecule has 120 valence electrons. The molecular formula is C19H22N2O2. The summed E-state index contributed by atoms with van der Waals surface area (Å²) in [5.74, 6) is 0.636. The lowest BCUT2D eigenvalue weighted by Gasteiger charge is -2.24. The molecule has 23 heavy (non-hydrogen) atoms. The summed E-state index contributed by atoms with van der Waals surface area (Å²) in [4.78, 5) is 4.68. The third kappa shape index (κ3) is 2.64. The molecule has 0 spiro atoms. The molecule has 3 aromatic rings. The van der Waals surface area contributed by atoms with Crippen LogP contribution in [0.4, 0.5) is 0 Å². The van der Waals surface area contributed by atoms with Gasteiger partial charge in [0.25, 0.3) is 0 Å². The van der Waals surface area contributed by atoms with Gasteiger partial charge in [0.1, 0.15) is 11.4 Å². The molecule has 0 bridgehead atoms. The molecule has 1 atom stereocenters. The lowest BCUT2D eigenvalue weighted by atomic mass is 9.94. The number of rotatable bonds is 4. The van der Waals surface area contributed by atoms with Gasteiger partial charge in [0.15, 0.2) is 0 Å². The Morgan fingerprint density at radius 1 is 1.13 bits per heavy atom. The standard InChI is InChI=1S/C19H22N2O2/c1-4-21-17-11-13(2)5-10-16(17)20-18(21)19(3,23)15-8-6-14(12-22)7-9-15/h5-11,22-23H,4,12H2,1-3H3. The molecule has 0 aliphatic carbocycles. The molecule has 0 amide bonds. The van der Waals surface area contributed by atoms with Gasteiger partial charge in [0.05, 0.1) is 17.6 Å². The monoisotopic (exact) mass is 310 g/mol. The first-order chi connectivity index (χ1) is 11.0. The summed E-state index contributed by atoms with van der Waals surface area (Å²) in [7, 11) is 0. The number of aryl methyl sites for hydroxylation is 2. The Labute approximate surface area is 136 Å².